The van der Waals surface area contributed by atoms with Crippen molar-refractivity contribution in [2.75, 3.05) is 41.9 Å². The first-order chi connectivity index (χ1) is 17.7. The third-order valence-electron chi connectivity index (χ3n) is 5.38. The van der Waals surface area contributed by atoms with Crippen LogP contribution in [0, 0.1) is 5.82 Å². The van der Waals surface area contributed by atoms with Crippen molar-refractivity contribution in [1.82, 2.24) is 19.9 Å². The Hall–Kier alpha value is -4.15. The van der Waals surface area contributed by atoms with Gasteiger partial charge in [-0.05, 0) is 42.5 Å². The van der Waals surface area contributed by atoms with Gasteiger partial charge < -0.3 is 15.0 Å². The molecule has 1 fully saturated rings. The summed E-state index contributed by atoms with van der Waals surface area (Å²) in [7, 11) is 0. The van der Waals surface area contributed by atoms with Gasteiger partial charge in [-0.25, -0.2) is 14.8 Å². The van der Waals surface area contributed by atoms with E-state index in [1.54, 1.807) is 12.4 Å². The molecule has 5 rings (SSSR count). The van der Waals surface area contributed by atoms with E-state index in [-0.39, 0.29) is 11.8 Å². The molecule has 1 aliphatic heterocycles. The Morgan fingerprint density at radius 1 is 1.00 bits per heavy atom. The molecule has 0 radical (unpaired) electrons. The van der Waals surface area contributed by atoms with Gasteiger partial charge in [-0.2, -0.15) is 10.1 Å². The minimum atomic E-state index is -0.483. The average molecular weight is 505 g/mol. The van der Waals surface area contributed by atoms with Crippen LogP contribution < -0.4 is 15.6 Å². The SMILES string of the molecule is Fc1cnc(N/N=C/c2ccc(Nc3ccc(-c4ccccn4)c(Cl)c3)cn2)nc1N1CCOCC1. The van der Waals surface area contributed by atoms with Crippen molar-refractivity contribution in [1.29, 1.82) is 0 Å². The summed E-state index contributed by atoms with van der Waals surface area (Å²) in [5.74, 6) is -0.0602. The quantitative estimate of drug-likeness (QED) is 0.275. The van der Waals surface area contributed by atoms with E-state index in [1.165, 1.54) is 6.21 Å². The Balaban J connectivity index is 1.20. The standard InChI is InChI=1S/C25H22ClFN8O/c26-21-13-17(6-7-20(21)23-3-1-2-8-28-23)32-19-5-4-18(29-14-19)15-31-34-25-30-16-22(27)24(33-25)35-9-11-36-12-10-35/h1-8,13-16,32H,9-12H2,(H,30,33,34)/b31-15+. The fourth-order valence-corrected chi connectivity index (χ4v) is 3.89. The van der Waals surface area contributed by atoms with Crippen LogP contribution in [-0.2, 0) is 4.74 Å². The fourth-order valence-electron chi connectivity index (χ4n) is 3.61. The van der Waals surface area contributed by atoms with Crippen LogP contribution in [0.25, 0.3) is 11.3 Å². The predicted molar refractivity (Wildman–Crippen MR) is 138 cm³/mol. The van der Waals surface area contributed by atoms with E-state index in [0.29, 0.717) is 37.0 Å². The molecule has 0 bridgehead atoms. The van der Waals surface area contributed by atoms with Gasteiger partial charge in [0.2, 0.25) is 5.95 Å². The highest BCUT2D eigenvalue weighted by Gasteiger charge is 2.17. The van der Waals surface area contributed by atoms with Crippen molar-refractivity contribution in [2.45, 2.75) is 0 Å². The van der Waals surface area contributed by atoms with Crippen LogP contribution >= 0.6 is 11.6 Å². The maximum Gasteiger partial charge on any atom is 0.245 e. The molecule has 0 spiro atoms. The lowest BCUT2D eigenvalue weighted by Crippen LogP contribution is -2.37. The number of halogens is 2. The van der Waals surface area contributed by atoms with Crippen molar-refractivity contribution < 1.29 is 9.13 Å². The molecule has 1 aliphatic rings. The van der Waals surface area contributed by atoms with Crippen molar-refractivity contribution in [3.63, 3.8) is 0 Å². The summed E-state index contributed by atoms with van der Waals surface area (Å²) < 4.78 is 19.5. The summed E-state index contributed by atoms with van der Waals surface area (Å²) >= 11 is 6.47. The van der Waals surface area contributed by atoms with Crippen molar-refractivity contribution >= 4 is 41.0 Å². The molecular formula is C25H22ClFN8O. The number of nitrogens with zero attached hydrogens (tertiary/aromatic N) is 6. The van der Waals surface area contributed by atoms with Gasteiger partial charge in [-0.3, -0.25) is 9.97 Å². The molecule has 182 valence electrons. The highest BCUT2D eigenvalue weighted by atomic mass is 35.5. The molecule has 0 atom stereocenters. The summed E-state index contributed by atoms with van der Waals surface area (Å²) in [5.41, 5.74) is 6.64. The van der Waals surface area contributed by atoms with Crippen LogP contribution in [0.4, 0.5) is 27.5 Å². The molecule has 2 N–H and O–H groups in total. The predicted octanol–water partition coefficient (Wildman–Crippen LogP) is 4.75. The average Bonchev–Trinajstić information content (AvgIpc) is 2.92. The molecule has 3 aromatic heterocycles. The Bertz CT molecular complexity index is 1350. The number of ether oxygens (including phenoxy) is 1. The summed E-state index contributed by atoms with van der Waals surface area (Å²) in [4.78, 5) is 18.7. The van der Waals surface area contributed by atoms with Crippen LogP contribution in [0.1, 0.15) is 5.69 Å². The zero-order valence-corrected chi connectivity index (χ0v) is 19.9. The summed E-state index contributed by atoms with van der Waals surface area (Å²) in [6, 6.07) is 15.1. The van der Waals surface area contributed by atoms with Gasteiger partial charge in [0.15, 0.2) is 11.6 Å². The molecule has 1 aromatic carbocycles. The normalized spacial score (nSPS) is 13.7. The molecule has 36 heavy (non-hydrogen) atoms. The van der Waals surface area contributed by atoms with Gasteiger partial charge in [0.05, 0.1) is 53.9 Å². The van der Waals surface area contributed by atoms with Gasteiger partial charge >= 0.3 is 0 Å². The smallest absolute Gasteiger partial charge is 0.245 e. The lowest BCUT2D eigenvalue weighted by atomic mass is 10.1. The monoisotopic (exact) mass is 504 g/mol. The molecule has 0 amide bonds. The van der Waals surface area contributed by atoms with Crippen molar-refractivity contribution in [3.8, 4) is 11.3 Å². The molecule has 9 nitrogen and oxygen atoms in total. The second-order valence-corrected chi connectivity index (χ2v) is 8.25. The number of rotatable bonds is 7. The van der Waals surface area contributed by atoms with Gasteiger partial charge in [-0.1, -0.05) is 17.7 Å². The maximum absolute atomic E-state index is 14.2. The second kappa shape index (κ2) is 11.1. The molecule has 0 aliphatic carbocycles. The lowest BCUT2D eigenvalue weighted by Gasteiger charge is -2.27. The Morgan fingerprint density at radius 3 is 2.61 bits per heavy atom. The molecule has 4 heterocycles. The highest BCUT2D eigenvalue weighted by Crippen LogP contribution is 2.30. The second-order valence-electron chi connectivity index (χ2n) is 7.84. The number of anilines is 4. The minimum Gasteiger partial charge on any atom is -0.378 e. The van der Waals surface area contributed by atoms with E-state index >= 15 is 0 Å². The molecular weight excluding hydrogens is 483 g/mol. The number of hydrazone groups is 1. The first kappa shape index (κ1) is 23.6. The van der Waals surface area contributed by atoms with E-state index < -0.39 is 5.82 Å². The zero-order chi connectivity index (χ0) is 24.7. The largest absolute Gasteiger partial charge is 0.378 e. The highest BCUT2D eigenvalue weighted by molar-refractivity contribution is 6.33. The number of hydrogen-bond donors (Lipinski definition) is 2. The maximum atomic E-state index is 14.2. The number of hydrogen-bond acceptors (Lipinski definition) is 9. The molecule has 4 aromatic rings. The third kappa shape index (κ3) is 5.73. The molecule has 1 saturated heterocycles. The number of pyridine rings is 2. The number of benzene rings is 1. The van der Waals surface area contributed by atoms with Gasteiger partial charge in [0.25, 0.3) is 0 Å². The molecule has 11 heteroatoms. The summed E-state index contributed by atoms with van der Waals surface area (Å²) in [6.45, 7) is 2.21. The van der Waals surface area contributed by atoms with E-state index in [1.807, 2.05) is 53.4 Å². The van der Waals surface area contributed by atoms with Gasteiger partial charge in [0, 0.05) is 30.5 Å². The Kier molecular flexibility index (Phi) is 7.25. The van der Waals surface area contributed by atoms with E-state index in [9.17, 15) is 4.39 Å². The first-order valence-electron chi connectivity index (χ1n) is 11.2. The molecule has 0 unspecified atom stereocenters. The van der Waals surface area contributed by atoms with Crippen molar-refractivity contribution in [3.05, 3.63) is 83.7 Å². The Morgan fingerprint density at radius 2 is 1.86 bits per heavy atom. The van der Waals surface area contributed by atoms with Crippen LogP contribution in [0.5, 0.6) is 0 Å². The third-order valence-corrected chi connectivity index (χ3v) is 5.70. The Labute approximate surface area is 212 Å². The number of morpholine rings is 1. The van der Waals surface area contributed by atoms with Crippen LogP contribution in [0.3, 0.4) is 0 Å². The van der Waals surface area contributed by atoms with Gasteiger partial charge in [-0.15, -0.1) is 0 Å². The van der Waals surface area contributed by atoms with Crippen molar-refractivity contribution in [2.24, 2.45) is 5.10 Å². The van der Waals surface area contributed by atoms with Gasteiger partial charge in [0.1, 0.15) is 0 Å². The fraction of sp³-hybridized carbons (Fsp3) is 0.160. The van der Waals surface area contributed by atoms with Crippen LogP contribution in [-0.4, -0.2) is 52.5 Å². The van der Waals surface area contributed by atoms with E-state index in [0.717, 1.165) is 28.8 Å². The van der Waals surface area contributed by atoms with Crippen LogP contribution in [0.2, 0.25) is 5.02 Å². The van der Waals surface area contributed by atoms with E-state index in [4.69, 9.17) is 16.3 Å². The topological polar surface area (TPSA) is 100 Å². The number of nitrogens with one attached hydrogen (secondary N) is 2. The summed E-state index contributed by atoms with van der Waals surface area (Å²) in [6.07, 6.45) is 6.08. The molecule has 0 saturated carbocycles. The zero-order valence-electron chi connectivity index (χ0n) is 19.1. The van der Waals surface area contributed by atoms with Crippen LogP contribution in [0.15, 0.2) is 72.2 Å². The number of aromatic nitrogens is 4. The minimum absolute atomic E-state index is 0.193. The lowest BCUT2D eigenvalue weighted by molar-refractivity contribution is 0.122. The van der Waals surface area contributed by atoms with E-state index in [2.05, 4.69) is 35.8 Å². The summed E-state index contributed by atoms with van der Waals surface area (Å²) in [5, 5.41) is 8.00. The first-order valence-corrected chi connectivity index (χ1v) is 11.6.